The van der Waals surface area contributed by atoms with E-state index in [1.165, 1.54) is 22.4 Å². The van der Waals surface area contributed by atoms with Crippen LogP contribution in [-0.4, -0.2) is 10.8 Å². The molecule has 2 aromatic rings. The standard InChI is InChI=1S/C18H19NOS/c1-10-11(2)21-16(19-10)9-15(20)18-14-8-7-12-5-3-4-6-13(12)17(14)18/h3-6,14,17-18H,7-9H2,1-2H3. The fourth-order valence-corrected chi connectivity index (χ4v) is 4.83. The second-order valence-electron chi connectivity index (χ2n) is 6.35. The molecule has 0 aliphatic heterocycles. The number of benzene rings is 1. The summed E-state index contributed by atoms with van der Waals surface area (Å²) in [6.45, 7) is 4.10. The highest BCUT2D eigenvalue weighted by molar-refractivity contribution is 7.11. The first-order chi connectivity index (χ1) is 10.1. The number of aryl methyl sites for hydroxylation is 3. The van der Waals surface area contributed by atoms with Gasteiger partial charge in [0.1, 0.15) is 10.8 Å². The van der Waals surface area contributed by atoms with Gasteiger partial charge in [0.25, 0.3) is 0 Å². The molecule has 3 heteroatoms. The van der Waals surface area contributed by atoms with Crippen LogP contribution in [0.3, 0.4) is 0 Å². The van der Waals surface area contributed by atoms with E-state index >= 15 is 0 Å². The third-order valence-electron chi connectivity index (χ3n) is 5.10. The average Bonchev–Trinajstić information content (AvgIpc) is 3.14. The fourth-order valence-electron chi connectivity index (χ4n) is 3.89. The number of rotatable bonds is 3. The Kier molecular flexibility index (Phi) is 3.00. The van der Waals surface area contributed by atoms with Crippen LogP contribution in [0.15, 0.2) is 24.3 Å². The number of carbonyl (C=O) groups is 1. The number of nitrogens with zero attached hydrogens (tertiary/aromatic N) is 1. The zero-order chi connectivity index (χ0) is 14.6. The number of hydrogen-bond donors (Lipinski definition) is 0. The van der Waals surface area contributed by atoms with Gasteiger partial charge < -0.3 is 0 Å². The van der Waals surface area contributed by atoms with Crippen molar-refractivity contribution in [3.63, 3.8) is 0 Å². The highest BCUT2D eigenvalue weighted by Gasteiger charge is 2.56. The van der Waals surface area contributed by atoms with Crippen molar-refractivity contribution in [1.29, 1.82) is 0 Å². The van der Waals surface area contributed by atoms with Gasteiger partial charge in [0, 0.05) is 10.8 Å². The minimum Gasteiger partial charge on any atom is -0.299 e. The third kappa shape index (κ3) is 2.15. The van der Waals surface area contributed by atoms with E-state index in [4.69, 9.17) is 0 Å². The summed E-state index contributed by atoms with van der Waals surface area (Å²) in [7, 11) is 0. The van der Waals surface area contributed by atoms with Crippen molar-refractivity contribution in [2.45, 2.75) is 39.0 Å². The molecule has 0 N–H and O–H groups in total. The van der Waals surface area contributed by atoms with Gasteiger partial charge in [-0.15, -0.1) is 11.3 Å². The number of thiazole rings is 1. The van der Waals surface area contributed by atoms with Crippen LogP contribution in [-0.2, 0) is 17.6 Å². The fraction of sp³-hybridized carbons (Fsp3) is 0.444. The quantitative estimate of drug-likeness (QED) is 0.861. The number of fused-ring (bicyclic) bond motifs is 3. The van der Waals surface area contributed by atoms with Gasteiger partial charge in [-0.3, -0.25) is 4.79 Å². The minimum absolute atomic E-state index is 0.248. The maximum Gasteiger partial charge on any atom is 0.143 e. The summed E-state index contributed by atoms with van der Waals surface area (Å²) in [4.78, 5) is 18.4. The number of Topliss-reactive ketones (excluding diaryl/α,β-unsaturated/α-hetero) is 1. The van der Waals surface area contributed by atoms with Crippen molar-refractivity contribution in [3.05, 3.63) is 51.0 Å². The first-order valence-corrected chi connectivity index (χ1v) is 8.50. The van der Waals surface area contributed by atoms with E-state index in [0.29, 0.717) is 24.0 Å². The van der Waals surface area contributed by atoms with Crippen LogP contribution in [0.25, 0.3) is 0 Å². The molecule has 3 unspecified atom stereocenters. The van der Waals surface area contributed by atoms with E-state index in [2.05, 4.69) is 36.2 Å². The summed E-state index contributed by atoms with van der Waals surface area (Å²) in [6, 6.07) is 8.66. The van der Waals surface area contributed by atoms with Crippen LogP contribution in [0, 0.1) is 25.7 Å². The first-order valence-electron chi connectivity index (χ1n) is 7.68. The highest BCUT2D eigenvalue weighted by Crippen LogP contribution is 2.60. The molecule has 3 atom stereocenters. The Morgan fingerprint density at radius 3 is 2.90 bits per heavy atom. The van der Waals surface area contributed by atoms with Crippen molar-refractivity contribution in [2.75, 3.05) is 0 Å². The molecule has 1 saturated carbocycles. The number of ketones is 1. The van der Waals surface area contributed by atoms with Crippen molar-refractivity contribution >= 4 is 17.1 Å². The van der Waals surface area contributed by atoms with Crippen molar-refractivity contribution < 1.29 is 4.79 Å². The van der Waals surface area contributed by atoms with Gasteiger partial charge in [-0.05, 0) is 49.7 Å². The number of aromatic nitrogens is 1. The second kappa shape index (κ2) is 4.77. The van der Waals surface area contributed by atoms with Crippen LogP contribution in [0.2, 0.25) is 0 Å². The summed E-state index contributed by atoms with van der Waals surface area (Å²) in [6.07, 6.45) is 2.84. The van der Waals surface area contributed by atoms with E-state index in [1.54, 1.807) is 11.3 Å². The first kappa shape index (κ1) is 13.2. The molecule has 1 heterocycles. The van der Waals surface area contributed by atoms with Crippen LogP contribution in [0.4, 0.5) is 0 Å². The largest absolute Gasteiger partial charge is 0.299 e. The van der Waals surface area contributed by atoms with Gasteiger partial charge in [-0.2, -0.15) is 0 Å². The van der Waals surface area contributed by atoms with Crippen LogP contribution >= 0.6 is 11.3 Å². The summed E-state index contributed by atoms with van der Waals surface area (Å²) >= 11 is 1.67. The summed E-state index contributed by atoms with van der Waals surface area (Å²) in [5.74, 6) is 1.73. The number of hydrogen-bond acceptors (Lipinski definition) is 3. The van der Waals surface area contributed by atoms with Gasteiger partial charge in [0.05, 0.1) is 12.1 Å². The lowest BCUT2D eigenvalue weighted by molar-refractivity contribution is -0.120. The molecule has 2 aliphatic rings. The lowest BCUT2D eigenvalue weighted by atomic mass is 9.92. The van der Waals surface area contributed by atoms with Crippen LogP contribution in [0.1, 0.15) is 39.0 Å². The molecule has 108 valence electrons. The van der Waals surface area contributed by atoms with E-state index in [1.807, 2.05) is 6.92 Å². The minimum atomic E-state index is 0.248. The van der Waals surface area contributed by atoms with Crippen LogP contribution in [0.5, 0.6) is 0 Å². The lowest BCUT2D eigenvalue weighted by Gasteiger charge is -2.13. The molecule has 0 amide bonds. The topological polar surface area (TPSA) is 30.0 Å². The molecule has 21 heavy (non-hydrogen) atoms. The molecule has 1 aromatic carbocycles. The van der Waals surface area contributed by atoms with Crippen molar-refractivity contribution in [2.24, 2.45) is 11.8 Å². The lowest BCUT2D eigenvalue weighted by Crippen LogP contribution is -2.07. The monoisotopic (exact) mass is 297 g/mol. The zero-order valence-corrected chi connectivity index (χ0v) is 13.2. The predicted molar refractivity (Wildman–Crippen MR) is 84.8 cm³/mol. The maximum absolute atomic E-state index is 12.6. The Bertz CT molecular complexity index is 698. The molecular formula is C18H19NOS. The molecule has 1 fully saturated rings. The van der Waals surface area contributed by atoms with Gasteiger partial charge in [-0.25, -0.2) is 4.98 Å². The third-order valence-corrected chi connectivity index (χ3v) is 6.17. The van der Waals surface area contributed by atoms with Gasteiger partial charge in [0.15, 0.2) is 0 Å². The summed E-state index contributed by atoms with van der Waals surface area (Å²) in [5.41, 5.74) is 3.95. The molecule has 0 saturated heterocycles. The van der Waals surface area contributed by atoms with Gasteiger partial charge in [-0.1, -0.05) is 24.3 Å². The number of carbonyl (C=O) groups excluding carboxylic acids is 1. The normalized spacial score (nSPS) is 26.1. The predicted octanol–water partition coefficient (Wildman–Crippen LogP) is 3.85. The second-order valence-corrected chi connectivity index (χ2v) is 7.63. The Morgan fingerprint density at radius 1 is 1.33 bits per heavy atom. The average molecular weight is 297 g/mol. The molecule has 2 aliphatic carbocycles. The SMILES string of the molecule is Cc1nc(CC(=O)C2C3CCc4ccccc4C32)sc1C. The Labute approximate surface area is 129 Å². The Balaban J connectivity index is 1.53. The molecule has 1 aromatic heterocycles. The molecule has 4 rings (SSSR count). The van der Waals surface area contributed by atoms with E-state index in [-0.39, 0.29) is 5.92 Å². The van der Waals surface area contributed by atoms with Crippen molar-refractivity contribution in [1.82, 2.24) is 4.98 Å². The molecule has 0 bridgehead atoms. The molecule has 2 nitrogen and oxygen atoms in total. The molecule has 0 spiro atoms. The van der Waals surface area contributed by atoms with E-state index in [0.717, 1.165) is 17.1 Å². The molecular weight excluding hydrogens is 278 g/mol. The maximum atomic E-state index is 12.6. The summed E-state index contributed by atoms with van der Waals surface area (Å²) in [5, 5.41) is 0.993. The summed E-state index contributed by atoms with van der Waals surface area (Å²) < 4.78 is 0. The van der Waals surface area contributed by atoms with Gasteiger partial charge in [0.2, 0.25) is 0 Å². The van der Waals surface area contributed by atoms with Gasteiger partial charge >= 0.3 is 0 Å². The van der Waals surface area contributed by atoms with E-state index in [9.17, 15) is 4.79 Å². The van der Waals surface area contributed by atoms with E-state index < -0.39 is 0 Å². The Morgan fingerprint density at radius 2 is 2.14 bits per heavy atom. The highest BCUT2D eigenvalue weighted by atomic mass is 32.1. The molecule has 0 radical (unpaired) electrons. The Hall–Kier alpha value is -1.48. The zero-order valence-electron chi connectivity index (χ0n) is 12.4. The van der Waals surface area contributed by atoms with Crippen molar-refractivity contribution in [3.8, 4) is 0 Å². The van der Waals surface area contributed by atoms with Crippen LogP contribution < -0.4 is 0 Å². The smallest absolute Gasteiger partial charge is 0.143 e.